The lowest BCUT2D eigenvalue weighted by molar-refractivity contribution is -0.143. The number of carboxylic acids is 1. The number of rotatable bonds is 7. The van der Waals surface area contributed by atoms with Crippen LogP contribution in [-0.4, -0.2) is 56.3 Å². The van der Waals surface area contributed by atoms with E-state index in [0.717, 1.165) is 37.9 Å². The Morgan fingerprint density at radius 1 is 1.14 bits per heavy atom. The maximum Gasteiger partial charge on any atom is 0.434 e. The van der Waals surface area contributed by atoms with E-state index in [1.54, 1.807) is 19.1 Å². The first-order valence-electron chi connectivity index (χ1n) is 13.7. The van der Waals surface area contributed by atoms with Crippen molar-refractivity contribution in [2.75, 3.05) is 19.7 Å². The minimum atomic E-state index is -4.95. The van der Waals surface area contributed by atoms with Crippen LogP contribution in [0, 0.1) is 18.8 Å². The Morgan fingerprint density at radius 2 is 1.90 bits per heavy atom. The molecule has 1 aromatic carbocycles. The fourth-order valence-corrected chi connectivity index (χ4v) is 5.44. The fourth-order valence-electron chi connectivity index (χ4n) is 5.44. The SMILES string of the molecule is CC(=O)N1CCC(C2=CCC(COc3ccc(C)cc3-c3cccc(-n4ncc(C(=O)O)c4C(F)(F)F)n3)C=C2)CC1. The van der Waals surface area contributed by atoms with Gasteiger partial charge in [0, 0.05) is 31.5 Å². The second kappa shape index (κ2) is 11.8. The molecule has 1 unspecified atom stereocenters. The predicted molar refractivity (Wildman–Crippen MR) is 149 cm³/mol. The molecule has 11 heteroatoms. The summed E-state index contributed by atoms with van der Waals surface area (Å²) in [6, 6.07) is 10.1. The number of hydrogen-bond acceptors (Lipinski definition) is 5. The van der Waals surface area contributed by atoms with E-state index >= 15 is 0 Å². The van der Waals surface area contributed by atoms with Crippen molar-refractivity contribution >= 4 is 11.9 Å². The van der Waals surface area contributed by atoms with Crippen molar-refractivity contribution in [3.05, 3.63) is 83.2 Å². The summed E-state index contributed by atoms with van der Waals surface area (Å²) in [4.78, 5) is 29.3. The molecule has 42 heavy (non-hydrogen) atoms. The molecule has 2 aromatic heterocycles. The Kier molecular flexibility index (Phi) is 8.20. The number of aromatic nitrogens is 3. The van der Waals surface area contributed by atoms with Gasteiger partial charge in [0.15, 0.2) is 11.5 Å². The van der Waals surface area contributed by atoms with Crippen LogP contribution in [0.15, 0.2) is 66.4 Å². The molecule has 1 atom stereocenters. The van der Waals surface area contributed by atoms with Gasteiger partial charge in [0.2, 0.25) is 5.91 Å². The Morgan fingerprint density at radius 3 is 2.55 bits per heavy atom. The molecule has 1 amide bonds. The zero-order chi connectivity index (χ0) is 30.0. The Hall–Kier alpha value is -4.41. The summed E-state index contributed by atoms with van der Waals surface area (Å²) in [5.74, 6) is -0.644. The molecular weight excluding hydrogens is 549 g/mol. The van der Waals surface area contributed by atoms with Gasteiger partial charge >= 0.3 is 12.1 Å². The van der Waals surface area contributed by atoms with E-state index in [0.29, 0.717) is 40.4 Å². The van der Waals surface area contributed by atoms with Crippen molar-refractivity contribution in [3.8, 4) is 22.8 Å². The molecule has 1 aliphatic carbocycles. The van der Waals surface area contributed by atoms with Gasteiger partial charge in [-0.2, -0.15) is 18.3 Å². The second-order valence-corrected chi connectivity index (χ2v) is 10.7. The number of ether oxygens (including phenoxy) is 1. The number of carboxylic acid groups (broad SMARTS) is 1. The number of nitrogens with zero attached hydrogens (tertiary/aromatic N) is 4. The van der Waals surface area contributed by atoms with Gasteiger partial charge in [-0.1, -0.05) is 35.9 Å². The summed E-state index contributed by atoms with van der Waals surface area (Å²) in [6.07, 6.45) is 5.00. The number of aryl methyl sites for hydroxylation is 1. The molecule has 1 aliphatic heterocycles. The van der Waals surface area contributed by atoms with Gasteiger partial charge in [-0.15, -0.1) is 0 Å². The first kappa shape index (κ1) is 29.1. The van der Waals surface area contributed by atoms with Crippen molar-refractivity contribution in [1.29, 1.82) is 0 Å². The third-order valence-corrected chi connectivity index (χ3v) is 7.71. The predicted octanol–water partition coefficient (Wildman–Crippen LogP) is 6.10. The molecular formula is C31H31F3N4O4. The Labute approximate surface area is 241 Å². The monoisotopic (exact) mass is 580 g/mol. The molecule has 0 radical (unpaired) electrons. The van der Waals surface area contributed by atoms with Crippen LogP contribution in [0.3, 0.4) is 0 Å². The highest BCUT2D eigenvalue weighted by Gasteiger charge is 2.41. The first-order chi connectivity index (χ1) is 20.0. The number of alkyl halides is 3. The van der Waals surface area contributed by atoms with Gasteiger partial charge in [-0.25, -0.2) is 14.5 Å². The van der Waals surface area contributed by atoms with Gasteiger partial charge in [0.1, 0.15) is 11.3 Å². The van der Waals surface area contributed by atoms with Gasteiger partial charge in [-0.05, 0) is 61.9 Å². The third-order valence-electron chi connectivity index (χ3n) is 7.71. The highest BCUT2D eigenvalue weighted by molar-refractivity contribution is 5.89. The number of allylic oxidation sites excluding steroid dienone is 3. The number of pyridine rings is 1. The maximum absolute atomic E-state index is 13.8. The van der Waals surface area contributed by atoms with Crippen LogP contribution in [0.1, 0.15) is 47.8 Å². The number of halogens is 3. The average Bonchev–Trinajstić information content (AvgIpc) is 3.44. The molecule has 2 aliphatic rings. The van der Waals surface area contributed by atoms with Crippen molar-refractivity contribution in [2.24, 2.45) is 11.8 Å². The molecule has 3 aromatic rings. The fraction of sp³-hybridized carbons (Fsp3) is 0.355. The molecule has 1 N–H and O–H groups in total. The van der Waals surface area contributed by atoms with Crippen LogP contribution in [0.4, 0.5) is 13.2 Å². The molecule has 1 saturated heterocycles. The number of amides is 1. The molecule has 3 heterocycles. The number of likely N-dealkylation sites (tertiary alicyclic amines) is 1. The van der Waals surface area contributed by atoms with E-state index in [2.05, 4.69) is 28.3 Å². The number of benzene rings is 1. The smallest absolute Gasteiger partial charge is 0.434 e. The maximum atomic E-state index is 13.8. The van der Waals surface area contributed by atoms with Gasteiger partial charge in [-0.3, -0.25) is 4.79 Å². The summed E-state index contributed by atoms with van der Waals surface area (Å²) >= 11 is 0. The number of carbonyl (C=O) groups is 2. The van der Waals surface area contributed by atoms with Gasteiger partial charge in [0.05, 0.1) is 18.5 Å². The quantitative estimate of drug-likeness (QED) is 0.363. The van der Waals surface area contributed by atoms with E-state index in [4.69, 9.17) is 4.74 Å². The lowest BCUT2D eigenvalue weighted by Crippen LogP contribution is -2.37. The van der Waals surface area contributed by atoms with E-state index in [9.17, 15) is 27.9 Å². The van der Waals surface area contributed by atoms with Crippen LogP contribution in [0.25, 0.3) is 17.1 Å². The van der Waals surface area contributed by atoms with E-state index in [1.807, 2.05) is 30.0 Å². The summed E-state index contributed by atoms with van der Waals surface area (Å²) in [7, 11) is 0. The summed E-state index contributed by atoms with van der Waals surface area (Å²) in [5.41, 5.74) is 0.826. The normalized spacial score (nSPS) is 17.7. The highest BCUT2D eigenvalue weighted by Crippen LogP contribution is 2.36. The number of aromatic carboxylic acids is 1. The van der Waals surface area contributed by atoms with Crippen molar-refractivity contribution in [3.63, 3.8) is 0 Å². The highest BCUT2D eigenvalue weighted by atomic mass is 19.4. The second-order valence-electron chi connectivity index (χ2n) is 10.7. The molecule has 0 spiro atoms. The summed E-state index contributed by atoms with van der Waals surface area (Å²) < 4.78 is 48.1. The molecule has 8 nitrogen and oxygen atoms in total. The number of piperidine rings is 1. The minimum absolute atomic E-state index is 0.121. The van der Waals surface area contributed by atoms with Crippen LogP contribution in [-0.2, 0) is 11.0 Å². The van der Waals surface area contributed by atoms with Crippen LogP contribution < -0.4 is 4.74 Å². The number of carbonyl (C=O) groups excluding carboxylic acids is 1. The molecule has 5 rings (SSSR count). The standard InChI is InChI=1S/C31H31F3N4O4/c1-19-6-11-27(42-18-21-7-9-22(10-8-21)23-12-14-37(15-13-23)20(2)39)24(16-19)26-4-3-5-28(36-26)38-29(31(32,33)34)25(17-35-38)30(40)41/h3-7,9-11,16-17,21,23H,8,12-15,18H2,1-2H3,(H,40,41). The molecule has 0 saturated carbocycles. The average molecular weight is 581 g/mol. The van der Waals surface area contributed by atoms with Crippen LogP contribution in [0.2, 0.25) is 0 Å². The molecule has 1 fully saturated rings. The lowest BCUT2D eigenvalue weighted by Gasteiger charge is -2.33. The lowest BCUT2D eigenvalue weighted by atomic mass is 9.84. The van der Waals surface area contributed by atoms with Crippen LogP contribution >= 0.6 is 0 Å². The van der Waals surface area contributed by atoms with Crippen molar-refractivity contribution in [2.45, 2.75) is 39.3 Å². The molecule has 0 bridgehead atoms. The molecule has 220 valence electrons. The Balaban J connectivity index is 1.32. The van der Waals surface area contributed by atoms with Gasteiger partial charge in [0.25, 0.3) is 0 Å². The largest absolute Gasteiger partial charge is 0.492 e. The van der Waals surface area contributed by atoms with Crippen LogP contribution in [0.5, 0.6) is 5.75 Å². The first-order valence-corrected chi connectivity index (χ1v) is 13.7. The van der Waals surface area contributed by atoms with Crippen molar-refractivity contribution in [1.82, 2.24) is 19.7 Å². The summed E-state index contributed by atoms with van der Waals surface area (Å²) in [5, 5.41) is 12.9. The van der Waals surface area contributed by atoms with E-state index in [-0.39, 0.29) is 17.6 Å². The third kappa shape index (κ3) is 6.24. The van der Waals surface area contributed by atoms with Crippen molar-refractivity contribution < 1.29 is 32.6 Å². The Bertz CT molecular complexity index is 1550. The van der Waals surface area contributed by atoms with E-state index in [1.165, 1.54) is 11.6 Å². The topological polar surface area (TPSA) is 97.6 Å². The summed E-state index contributed by atoms with van der Waals surface area (Å²) in [6.45, 7) is 5.46. The number of hydrogen-bond donors (Lipinski definition) is 1. The zero-order valence-corrected chi connectivity index (χ0v) is 23.3. The zero-order valence-electron chi connectivity index (χ0n) is 23.3. The van der Waals surface area contributed by atoms with E-state index < -0.39 is 23.4 Å². The van der Waals surface area contributed by atoms with Gasteiger partial charge < -0.3 is 14.7 Å². The minimum Gasteiger partial charge on any atom is -0.492 e.